The molecule has 1 amide bonds. The van der Waals surface area contributed by atoms with E-state index in [1.807, 2.05) is 41.3 Å². The van der Waals surface area contributed by atoms with Gasteiger partial charge in [-0.1, -0.05) is 48.0 Å². The van der Waals surface area contributed by atoms with Crippen LogP contribution in [0, 0.1) is 0 Å². The molecule has 1 atom stereocenters. The Hall–Kier alpha value is -2.98. The molecule has 0 aliphatic carbocycles. The molecule has 3 heterocycles. The van der Waals surface area contributed by atoms with Crippen molar-refractivity contribution in [3.8, 4) is 0 Å². The van der Waals surface area contributed by atoms with E-state index < -0.39 is 15.1 Å². The Balaban J connectivity index is 1.38. The van der Waals surface area contributed by atoms with E-state index in [2.05, 4.69) is 34.2 Å². The number of carbonyl (C=O) groups excluding carboxylic acids is 1. The Bertz CT molecular complexity index is 1080. The molecule has 2 aromatic carbocycles. The highest BCUT2D eigenvalue weighted by atomic mass is 35.5. The zero-order valence-corrected chi connectivity index (χ0v) is 20.2. The predicted molar refractivity (Wildman–Crippen MR) is 132 cm³/mol. The van der Waals surface area contributed by atoms with Crippen LogP contribution in [0.1, 0.15) is 0 Å². The molecule has 0 radical (unpaired) electrons. The summed E-state index contributed by atoms with van der Waals surface area (Å²) in [5.41, 5.74) is 0. The summed E-state index contributed by atoms with van der Waals surface area (Å²) in [5.74, 6) is 0.884. The van der Waals surface area contributed by atoms with Crippen molar-refractivity contribution in [1.82, 2.24) is 9.97 Å². The van der Waals surface area contributed by atoms with Crippen LogP contribution in [0.4, 0.5) is 16.6 Å². The van der Waals surface area contributed by atoms with E-state index in [4.69, 9.17) is 25.5 Å². The van der Waals surface area contributed by atoms with E-state index in [1.165, 1.54) is 4.90 Å². The molecule has 5 rings (SSSR count). The molecule has 1 aromatic heterocycles. The summed E-state index contributed by atoms with van der Waals surface area (Å²) in [5, 5.41) is 2.54. The number of amides is 1. The van der Waals surface area contributed by atoms with E-state index in [0.29, 0.717) is 44.7 Å². The van der Waals surface area contributed by atoms with Crippen molar-refractivity contribution in [1.29, 1.82) is 0 Å². The SMILES string of the molecule is O=C1OC[C@H](CO[Si+](c2ccccc2)c2ccccc2)N1c1cc(Cl)nc(N2CCOCC2)n1. The molecule has 10 heteroatoms. The number of ether oxygens (including phenoxy) is 2. The molecule has 2 fully saturated rings. The van der Waals surface area contributed by atoms with Crippen LogP contribution in [0.2, 0.25) is 5.15 Å². The van der Waals surface area contributed by atoms with Gasteiger partial charge in [0.15, 0.2) is 0 Å². The van der Waals surface area contributed by atoms with Crippen molar-refractivity contribution in [2.45, 2.75) is 6.04 Å². The van der Waals surface area contributed by atoms with E-state index in [9.17, 15) is 4.79 Å². The third-order valence-electron chi connectivity index (χ3n) is 5.66. The lowest BCUT2D eigenvalue weighted by Gasteiger charge is -2.28. The molecule has 0 N–H and O–H groups in total. The minimum absolute atomic E-state index is 0.214. The van der Waals surface area contributed by atoms with Gasteiger partial charge in [0.1, 0.15) is 40.6 Å². The third-order valence-corrected chi connectivity index (χ3v) is 8.03. The molecule has 0 saturated carbocycles. The summed E-state index contributed by atoms with van der Waals surface area (Å²) in [6.07, 6.45) is -0.468. The van der Waals surface area contributed by atoms with Gasteiger partial charge in [0.05, 0.1) is 13.2 Å². The van der Waals surface area contributed by atoms with Crippen LogP contribution < -0.4 is 20.2 Å². The molecule has 8 nitrogen and oxygen atoms in total. The number of cyclic esters (lactones) is 1. The van der Waals surface area contributed by atoms with Gasteiger partial charge >= 0.3 is 15.1 Å². The van der Waals surface area contributed by atoms with Gasteiger partial charge in [-0.3, -0.25) is 4.90 Å². The number of aromatic nitrogens is 2. The number of carbonyl (C=O) groups is 1. The summed E-state index contributed by atoms with van der Waals surface area (Å²) in [7, 11) is -1.52. The number of anilines is 2. The molecule has 2 aliphatic rings. The first-order chi connectivity index (χ1) is 16.7. The number of morpholine rings is 1. The van der Waals surface area contributed by atoms with Crippen LogP contribution in [0.25, 0.3) is 0 Å². The zero-order chi connectivity index (χ0) is 23.3. The lowest BCUT2D eigenvalue weighted by atomic mass is 10.3. The molecule has 2 saturated heterocycles. The van der Waals surface area contributed by atoms with Crippen LogP contribution in [0.15, 0.2) is 66.7 Å². The third kappa shape index (κ3) is 5.07. The van der Waals surface area contributed by atoms with Gasteiger partial charge in [0.25, 0.3) is 0 Å². The van der Waals surface area contributed by atoms with Crippen molar-refractivity contribution >= 4 is 48.9 Å². The Morgan fingerprint density at radius 1 is 1.00 bits per heavy atom. The van der Waals surface area contributed by atoms with Crippen molar-refractivity contribution in [2.75, 3.05) is 49.3 Å². The summed E-state index contributed by atoms with van der Waals surface area (Å²) in [4.78, 5) is 25.2. The molecule has 0 unspecified atom stereocenters. The molecule has 2 aliphatic heterocycles. The largest absolute Gasteiger partial charge is 0.551 e. The first-order valence-electron chi connectivity index (χ1n) is 11.1. The number of benzene rings is 2. The van der Waals surface area contributed by atoms with E-state index >= 15 is 0 Å². The molecule has 0 bridgehead atoms. The lowest BCUT2D eigenvalue weighted by Crippen LogP contribution is -2.48. The fourth-order valence-electron chi connectivity index (χ4n) is 3.98. The van der Waals surface area contributed by atoms with E-state index in [0.717, 1.165) is 10.4 Å². The minimum Gasteiger partial charge on any atom is -0.447 e. The van der Waals surface area contributed by atoms with Crippen LogP contribution >= 0.6 is 11.6 Å². The first-order valence-corrected chi connectivity index (χ1v) is 12.9. The van der Waals surface area contributed by atoms with Gasteiger partial charge in [-0.2, -0.15) is 4.98 Å². The number of nitrogens with zero attached hydrogens (tertiary/aromatic N) is 4. The Kier molecular flexibility index (Phi) is 7.05. The topological polar surface area (TPSA) is 77.0 Å². The van der Waals surface area contributed by atoms with E-state index in [-0.39, 0.29) is 17.8 Å². The van der Waals surface area contributed by atoms with Gasteiger partial charge in [-0.25, -0.2) is 14.2 Å². The summed E-state index contributed by atoms with van der Waals surface area (Å²) < 4.78 is 17.3. The highest BCUT2D eigenvalue weighted by Gasteiger charge is 2.42. The smallest absolute Gasteiger partial charge is 0.447 e. The van der Waals surface area contributed by atoms with Crippen LogP contribution in [-0.2, 0) is 13.9 Å². The highest BCUT2D eigenvalue weighted by Crippen LogP contribution is 2.26. The van der Waals surface area contributed by atoms with Crippen LogP contribution in [0.5, 0.6) is 0 Å². The fraction of sp³-hybridized carbons (Fsp3) is 0.292. The van der Waals surface area contributed by atoms with Crippen molar-refractivity contribution in [3.63, 3.8) is 0 Å². The monoisotopic (exact) mass is 495 g/mol. The quantitative estimate of drug-likeness (QED) is 0.367. The van der Waals surface area contributed by atoms with Crippen molar-refractivity contribution < 1.29 is 18.7 Å². The normalized spacial score (nSPS) is 18.1. The van der Waals surface area contributed by atoms with Gasteiger partial charge in [0, 0.05) is 19.2 Å². The molecule has 0 spiro atoms. The first kappa shape index (κ1) is 22.8. The maximum atomic E-state index is 12.7. The average Bonchev–Trinajstić information content (AvgIpc) is 3.26. The minimum atomic E-state index is -1.52. The molecular formula is C24H24ClN4O4Si+. The van der Waals surface area contributed by atoms with Gasteiger partial charge in [-0.05, 0) is 24.3 Å². The molecule has 3 aromatic rings. The maximum Gasteiger partial charge on any atom is 0.551 e. The summed E-state index contributed by atoms with van der Waals surface area (Å²) >= 11 is 6.32. The van der Waals surface area contributed by atoms with Gasteiger partial charge in [-0.15, -0.1) is 0 Å². The molecule has 174 valence electrons. The molecular weight excluding hydrogens is 472 g/mol. The van der Waals surface area contributed by atoms with Crippen molar-refractivity contribution in [3.05, 3.63) is 71.9 Å². The zero-order valence-electron chi connectivity index (χ0n) is 18.5. The van der Waals surface area contributed by atoms with E-state index in [1.54, 1.807) is 6.07 Å². The van der Waals surface area contributed by atoms with Crippen molar-refractivity contribution in [2.24, 2.45) is 0 Å². The lowest BCUT2D eigenvalue weighted by molar-refractivity contribution is 0.122. The van der Waals surface area contributed by atoms with Gasteiger partial charge in [0.2, 0.25) is 5.95 Å². The number of halogens is 1. The molecule has 34 heavy (non-hydrogen) atoms. The van der Waals surface area contributed by atoms with Gasteiger partial charge < -0.3 is 14.4 Å². The standard InChI is InChI=1S/C24H24ClN4O4Si/c25-21-15-22(27-23(26-21)28-11-13-31-14-12-28)29-18(16-32-24(29)30)17-33-34(19-7-3-1-4-8-19)20-9-5-2-6-10-20/h1-10,15,18H,11-14,16-17H2/q+1/t18-/m1/s1. The van der Waals surface area contributed by atoms with Crippen LogP contribution in [0.3, 0.4) is 0 Å². The fourth-order valence-corrected chi connectivity index (χ4v) is 6.17. The second-order valence-corrected chi connectivity index (χ2v) is 10.4. The number of rotatable bonds is 7. The number of hydrogen-bond acceptors (Lipinski definition) is 7. The highest BCUT2D eigenvalue weighted by molar-refractivity contribution is 6.80. The maximum absolute atomic E-state index is 12.7. The Morgan fingerprint density at radius 2 is 1.65 bits per heavy atom. The second-order valence-electron chi connectivity index (χ2n) is 7.92. The summed E-state index contributed by atoms with van der Waals surface area (Å²) in [6.45, 7) is 3.03. The van der Waals surface area contributed by atoms with Crippen LogP contribution in [-0.4, -0.2) is 70.7 Å². The Labute approximate surface area is 204 Å². The predicted octanol–water partition coefficient (Wildman–Crippen LogP) is 2.11. The Morgan fingerprint density at radius 3 is 2.29 bits per heavy atom. The summed E-state index contributed by atoms with van der Waals surface area (Å²) in [6, 6.07) is 21.6. The number of hydrogen-bond donors (Lipinski definition) is 0. The average molecular weight is 496 g/mol. The second kappa shape index (κ2) is 10.5.